The normalized spacial score (nSPS) is 26.3. The molecule has 24 heavy (non-hydrogen) atoms. The van der Waals surface area contributed by atoms with Crippen molar-refractivity contribution in [3.05, 3.63) is 18.1 Å². The number of piperidine rings is 1. The van der Waals surface area contributed by atoms with E-state index in [0.717, 1.165) is 32.2 Å². The van der Waals surface area contributed by atoms with Crippen molar-refractivity contribution >= 4 is 21.6 Å². The smallest absolute Gasteiger partial charge is 0.272 e. The number of nitrogens with one attached hydrogen (secondary N) is 1. The number of hydrogen-bond acceptors (Lipinski definition) is 6. The molecule has 3 rings (SSSR count). The predicted octanol–water partition coefficient (Wildman–Crippen LogP) is 1.48. The lowest BCUT2D eigenvalue weighted by Crippen LogP contribution is -2.43. The molecule has 0 aromatic carbocycles. The van der Waals surface area contributed by atoms with Crippen molar-refractivity contribution in [1.82, 2.24) is 14.9 Å². The van der Waals surface area contributed by atoms with Crippen molar-refractivity contribution < 1.29 is 13.2 Å². The molecule has 0 spiro atoms. The Morgan fingerprint density at radius 3 is 2.88 bits per heavy atom. The maximum Gasteiger partial charge on any atom is 0.272 e. The van der Waals surface area contributed by atoms with Gasteiger partial charge >= 0.3 is 0 Å². The molecule has 7 nitrogen and oxygen atoms in total. The molecular formula is C16H24N4O3S. The van der Waals surface area contributed by atoms with Crippen LogP contribution < -0.4 is 5.32 Å². The van der Waals surface area contributed by atoms with E-state index in [1.54, 1.807) is 6.07 Å². The molecule has 3 heterocycles. The second kappa shape index (κ2) is 7.04. The Kier molecular flexibility index (Phi) is 5.03. The first kappa shape index (κ1) is 17.1. The van der Waals surface area contributed by atoms with Crippen molar-refractivity contribution in [3.63, 3.8) is 0 Å². The number of carbonyl (C=O) groups is 1. The number of sulfone groups is 1. The molecule has 1 amide bonds. The molecule has 2 aliphatic rings. The van der Waals surface area contributed by atoms with E-state index in [2.05, 4.69) is 22.2 Å². The molecule has 0 saturated carbocycles. The lowest BCUT2D eigenvalue weighted by atomic mass is 9.99. The zero-order valence-electron chi connectivity index (χ0n) is 13.9. The summed E-state index contributed by atoms with van der Waals surface area (Å²) in [5.74, 6) is 0.768. The van der Waals surface area contributed by atoms with E-state index in [4.69, 9.17) is 0 Å². The highest BCUT2D eigenvalue weighted by molar-refractivity contribution is 7.91. The van der Waals surface area contributed by atoms with Crippen LogP contribution in [0.4, 0.5) is 5.82 Å². The average molecular weight is 352 g/mol. The summed E-state index contributed by atoms with van der Waals surface area (Å²) in [6.07, 6.45) is 6.11. The van der Waals surface area contributed by atoms with E-state index in [1.807, 2.05) is 4.90 Å². The SMILES string of the molecule is CCC1CCCCN1C(=O)c1cc(NC2CCS(=O)(=O)C2)ncn1. The minimum absolute atomic E-state index is 0.0638. The summed E-state index contributed by atoms with van der Waals surface area (Å²) in [4.78, 5) is 22.9. The van der Waals surface area contributed by atoms with Gasteiger partial charge in [0.25, 0.3) is 5.91 Å². The fourth-order valence-corrected chi connectivity index (χ4v) is 5.18. The van der Waals surface area contributed by atoms with Crippen LogP contribution >= 0.6 is 0 Å². The fraction of sp³-hybridized carbons (Fsp3) is 0.688. The van der Waals surface area contributed by atoms with Gasteiger partial charge in [-0.2, -0.15) is 0 Å². The minimum Gasteiger partial charge on any atom is -0.366 e. The summed E-state index contributed by atoms with van der Waals surface area (Å²) in [6.45, 7) is 2.87. The number of hydrogen-bond donors (Lipinski definition) is 1. The number of rotatable bonds is 4. The van der Waals surface area contributed by atoms with Gasteiger partial charge < -0.3 is 10.2 Å². The number of aromatic nitrogens is 2. The van der Waals surface area contributed by atoms with Gasteiger partial charge in [-0.15, -0.1) is 0 Å². The van der Waals surface area contributed by atoms with Gasteiger partial charge in [-0.1, -0.05) is 6.92 Å². The molecule has 0 bridgehead atoms. The van der Waals surface area contributed by atoms with Crippen molar-refractivity contribution in [2.45, 2.75) is 51.1 Å². The first-order valence-electron chi connectivity index (χ1n) is 8.58. The van der Waals surface area contributed by atoms with Crippen LogP contribution in [0.3, 0.4) is 0 Å². The molecule has 1 aromatic heterocycles. The van der Waals surface area contributed by atoms with Crippen LogP contribution in [0.2, 0.25) is 0 Å². The third-order valence-corrected chi connectivity index (χ3v) is 6.60. The van der Waals surface area contributed by atoms with Crippen LogP contribution in [0.5, 0.6) is 0 Å². The maximum atomic E-state index is 12.8. The largest absolute Gasteiger partial charge is 0.366 e. The summed E-state index contributed by atoms with van der Waals surface area (Å²) < 4.78 is 23.1. The standard InChI is InChI=1S/C16H24N4O3S/c1-2-13-5-3-4-7-20(13)16(21)14-9-15(18-11-17-14)19-12-6-8-24(22,23)10-12/h9,11-13H,2-8,10H2,1H3,(H,17,18,19). The van der Waals surface area contributed by atoms with Gasteiger partial charge in [-0.05, 0) is 32.1 Å². The van der Waals surface area contributed by atoms with E-state index in [0.29, 0.717) is 17.9 Å². The lowest BCUT2D eigenvalue weighted by Gasteiger charge is -2.35. The van der Waals surface area contributed by atoms with E-state index in [9.17, 15) is 13.2 Å². The summed E-state index contributed by atoms with van der Waals surface area (Å²) in [7, 11) is -2.95. The molecule has 2 atom stereocenters. The summed E-state index contributed by atoms with van der Waals surface area (Å²) >= 11 is 0. The number of carbonyl (C=O) groups excluding carboxylic acids is 1. The Morgan fingerprint density at radius 2 is 2.17 bits per heavy atom. The molecule has 2 fully saturated rings. The van der Waals surface area contributed by atoms with Gasteiger partial charge in [-0.25, -0.2) is 18.4 Å². The van der Waals surface area contributed by atoms with Crippen LogP contribution in [0.25, 0.3) is 0 Å². The topological polar surface area (TPSA) is 92.3 Å². The molecule has 0 aliphatic carbocycles. The molecule has 132 valence electrons. The van der Waals surface area contributed by atoms with Crippen LogP contribution in [0, 0.1) is 0 Å². The van der Waals surface area contributed by atoms with Gasteiger partial charge in [0, 0.05) is 24.7 Å². The summed E-state index contributed by atoms with van der Waals surface area (Å²) in [5.41, 5.74) is 0.369. The molecule has 2 unspecified atom stereocenters. The molecule has 0 radical (unpaired) electrons. The molecule has 2 aliphatic heterocycles. The predicted molar refractivity (Wildman–Crippen MR) is 91.7 cm³/mol. The fourth-order valence-electron chi connectivity index (χ4n) is 3.51. The van der Waals surface area contributed by atoms with Crippen LogP contribution in [-0.4, -0.2) is 59.3 Å². The van der Waals surface area contributed by atoms with Crippen molar-refractivity contribution in [2.75, 3.05) is 23.4 Å². The monoisotopic (exact) mass is 352 g/mol. The second-order valence-corrected chi connectivity index (χ2v) is 8.82. The third kappa shape index (κ3) is 3.85. The van der Waals surface area contributed by atoms with Crippen LogP contribution in [0.15, 0.2) is 12.4 Å². The lowest BCUT2D eigenvalue weighted by molar-refractivity contribution is 0.0602. The quantitative estimate of drug-likeness (QED) is 0.882. The number of amides is 1. The Hall–Kier alpha value is -1.70. The summed E-state index contributed by atoms with van der Waals surface area (Å²) in [6, 6.07) is 1.76. The second-order valence-electron chi connectivity index (χ2n) is 6.59. The van der Waals surface area contributed by atoms with Gasteiger partial charge in [0.05, 0.1) is 11.5 Å². The zero-order valence-corrected chi connectivity index (χ0v) is 14.8. The molecule has 8 heteroatoms. The zero-order chi connectivity index (χ0) is 17.2. The third-order valence-electron chi connectivity index (χ3n) is 4.83. The van der Waals surface area contributed by atoms with Gasteiger partial charge in [0.2, 0.25) is 0 Å². The average Bonchev–Trinajstić information content (AvgIpc) is 2.93. The Labute approximate surface area is 142 Å². The minimum atomic E-state index is -2.95. The van der Waals surface area contributed by atoms with Crippen LogP contribution in [-0.2, 0) is 9.84 Å². The molecular weight excluding hydrogens is 328 g/mol. The number of likely N-dealkylation sites (tertiary alicyclic amines) is 1. The first-order chi connectivity index (χ1) is 11.5. The highest BCUT2D eigenvalue weighted by Crippen LogP contribution is 2.22. The van der Waals surface area contributed by atoms with E-state index < -0.39 is 9.84 Å². The van der Waals surface area contributed by atoms with Crippen molar-refractivity contribution in [3.8, 4) is 0 Å². The highest BCUT2D eigenvalue weighted by atomic mass is 32.2. The van der Waals surface area contributed by atoms with Gasteiger partial charge in [0.1, 0.15) is 17.8 Å². The number of nitrogens with zero attached hydrogens (tertiary/aromatic N) is 3. The summed E-state index contributed by atoms with van der Waals surface area (Å²) in [5, 5.41) is 3.12. The molecule has 1 N–H and O–H groups in total. The molecule has 2 saturated heterocycles. The van der Waals surface area contributed by atoms with Gasteiger partial charge in [0.15, 0.2) is 9.84 Å². The first-order valence-corrected chi connectivity index (χ1v) is 10.4. The van der Waals surface area contributed by atoms with E-state index >= 15 is 0 Å². The number of anilines is 1. The van der Waals surface area contributed by atoms with Gasteiger partial charge in [-0.3, -0.25) is 4.79 Å². The van der Waals surface area contributed by atoms with Crippen molar-refractivity contribution in [1.29, 1.82) is 0 Å². The Bertz CT molecular complexity index is 707. The van der Waals surface area contributed by atoms with E-state index in [1.165, 1.54) is 6.33 Å². The van der Waals surface area contributed by atoms with E-state index in [-0.39, 0.29) is 29.5 Å². The Balaban J connectivity index is 1.71. The highest BCUT2D eigenvalue weighted by Gasteiger charge is 2.29. The molecule has 1 aromatic rings. The maximum absolute atomic E-state index is 12.8. The van der Waals surface area contributed by atoms with Crippen molar-refractivity contribution in [2.24, 2.45) is 0 Å². The van der Waals surface area contributed by atoms with Crippen LogP contribution in [0.1, 0.15) is 49.5 Å². The Morgan fingerprint density at radius 1 is 1.33 bits per heavy atom.